The van der Waals surface area contributed by atoms with Crippen LogP contribution in [0.15, 0.2) is 54.6 Å². The number of aryl methyl sites for hydroxylation is 1. The number of carbonyl (C=O) groups excluding carboxylic acids is 2. The third-order valence-corrected chi connectivity index (χ3v) is 5.96. The molecule has 4 rings (SSSR count). The van der Waals surface area contributed by atoms with Gasteiger partial charge in [-0.2, -0.15) is 0 Å². The smallest absolute Gasteiger partial charge is 0.228 e. The average molecular weight is 377 g/mol. The third kappa shape index (κ3) is 3.80. The zero-order valence-corrected chi connectivity index (χ0v) is 16.3. The van der Waals surface area contributed by atoms with Crippen molar-refractivity contribution in [2.45, 2.75) is 31.8 Å². The molecule has 0 spiro atoms. The van der Waals surface area contributed by atoms with E-state index in [1.54, 1.807) is 4.90 Å². The third-order valence-electron chi connectivity index (χ3n) is 5.96. The second-order valence-corrected chi connectivity index (χ2v) is 8.09. The quantitative estimate of drug-likeness (QED) is 0.889. The van der Waals surface area contributed by atoms with Gasteiger partial charge in [0.15, 0.2) is 0 Å². The Morgan fingerprint density at radius 3 is 2.46 bits per heavy atom. The molecule has 2 aliphatic rings. The van der Waals surface area contributed by atoms with Gasteiger partial charge in [-0.25, -0.2) is 0 Å². The standard InChI is InChI=1S/C23H27N3O2/c1-16-7-9-17(10-8-16)12-25-13-19(11-22(25)27)23(28)26-14-20(21(24)15-26)18-5-3-2-4-6-18/h2-10,19-21H,11-15,24H2,1H3/t19?,20-,21+/m0/s1. The normalized spacial score (nSPS) is 24.8. The molecule has 2 aromatic carbocycles. The molecule has 2 N–H and O–H groups in total. The molecule has 2 heterocycles. The summed E-state index contributed by atoms with van der Waals surface area (Å²) in [6.07, 6.45) is 0.298. The van der Waals surface area contributed by atoms with Gasteiger partial charge in [0.25, 0.3) is 0 Å². The fourth-order valence-electron chi connectivity index (χ4n) is 4.32. The molecule has 2 fully saturated rings. The van der Waals surface area contributed by atoms with E-state index in [2.05, 4.69) is 12.1 Å². The Morgan fingerprint density at radius 1 is 1.04 bits per heavy atom. The van der Waals surface area contributed by atoms with Gasteiger partial charge in [-0.15, -0.1) is 0 Å². The molecule has 2 saturated heterocycles. The monoisotopic (exact) mass is 377 g/mol. The number of benzene rings is 2. The lowest BCUT2D eigenvalue weighted by Crippen LogP contribution is -2.37. The van der Waals surface area contributed by atoms with Gasteiger partial charge >= 0.3 is 0 Å². The van der Waals surface area contributed by atoms with Crippen molar-refractivity contribution >= 4 is 11.8 Å². The van der Waals surface area contributed by atoms with Crippen LogP contribution in [0.2, 0.25) is 0 Å². The topological polar surface area (TPSA) is 66.6 Å². The summed E-state index contributed by atoms with van der Waals surface area (Å²) in [5.74, 6) is 0.0151. The first-order chi connectivity index (χ1) is 13.5. The Labute approximate surface area is 166 Å². The molecule has 0 aromatic heterocycles. The van der Waals surface area contributed by atoms with E-state index in [4.69, 9.17) is 5.73 Å². The highest BCUT2D eigenvalue weighted by molar-refractivity contribution is 5.89. The van der Waals surface area contributed by atoms with Crippen LogP contribution in [0.1, 0.15) is 29.0 Å². The summed E-state index contributed by atoms with van der Waals surface area (Å²) >= 11 is 0. The summed E-state index contributed by atoms with van der Waals surface area (Å²) in [7, 11) is 0. The van der Waals surface area contributed by atoms with Crippen molar-refractivity contribution in [3.8, 4) is 0 Å². The maximum Gasteiger partial charge on any atom is 0.228 e. The van der Waals surface area contributed by atoms with Gasteiger partial charge in [0.05, 0.1) is 5.92 Å². The molecule has 5 heteroatoms. The molecular weight excluding hydrogens is 350 g/mol. The van der Waals surface area contributed by atoms with Crippen LogP contribution in [0.4, 0.5) is 0 Å². The minimum absolute atomic E-state index is 0.0574. The lowest BCUT2D eigenvalue weighted by atomic mass is 9.95. The van der Waals surface area contributed by atoms with E-state index >= 15 is 0 Å². The number of hydrogen-bond donors (Lipinski definition) is 1. The van der Waals surface area contributed by atoms with E-state index < -0.39 is 0 Å². The highest BCUT2D eigenvalue weighted by Gasteiger charge is 2.40. The zero-order valence-electron chi connectivity index (χ0n) is 16.3. The number of likely N-dealkylation sites (tertiary alicyclic amines) is 2. The van der Waals surface area contributed by atoms with E-state index in [0.717, 1.165) is 5.56 Å². The molecule has 5 nitrogen and oxygen atoms in total. The van der Waals surface area contributed by atoms with Gasteiger partial charge in [0.1, 0.15) is 0 Å². The van der Waals surface area contributed by atoms with E-state index in [0.29, 0.717) is 32.6 Å². The first kappa shape index (κ1) is 18.7. The fraction of sp³-hybridized carbons (Fsp3) is 0.391. The maximum absolute atomic E-state index is 13.0. The molecule has 146 valence electrons. The van der Waals surface area contributed by atoms with Crippen molar-refractivity contribution < 1.29 is 9.59 Å². The Balaban J connectivity index is 1.39. The first-order valence-corrected chi connectivity index (χ1v) is 9.94. The number of rotatable bonds is 4. The molecule has 2 aromatic rings. The lowest BCUT2D eigenvalue weighted by Gasteiger charge is -2.21. The van der Waals surface area contributed by atoms with Crippen LogP contribution in [0, 0.1) is 12.8 Å². The van der Waals surface area contributed by atoms with E-state index in [9.17, 15) is 9.59 Å². The van der Waals surface area contributed by atoms with Crippen LogP contribution >= 0.6 is 0 Å². The average Bonchev–Trinajstić information content (AvgIpc) is 3.27. The van der Waals surface area contributed by atoms with Crippen molar-refractivity contribution in [2.75, 3.05) is 19.6 Å². The molecule has 28 heavy (non-hydrogen) atoms. The van der Waals surface area contributed by atoms with E-state index in [-0.39, 0.29) is 29.7 Å². The molecule has 0 bridgehead atoms. The predicted octanol–water partition coefficient (Wildman–Crippen LogP) is 2.30. The Hall–Kier alpha value is -2.66. The van der Waals surface area contributed by atoms with Crippen LogP contribution in [0.25, 0.3) is 0 Å². The number of hydrogen-bond acceptors (Lipinski definition) is 3. The SMILES string of the molecule is Cc1ccc(CN2CC(C(=O)N3C[C@@H](N)[C@H](c4ccccc4)C3)CC2=O)cc1. The molecule has 0 saturated carbocycles. The summed E-state index contributed by atoms with van der Waals surface area (Å²) in [6, 6.07) is 18.3. The molecule has 1 unspecified atom stereocenters. The lowest BCUT2D eigenvalue weighted by molar-refractivity contribution is -0.134. The van der Waals surface area contributed by atoms with E-state index in [1.807, 2.05) is 54.3 Å². The van der Waals surface area contributed by atoms with Crippen LogP contribution < -0.4 is 5.73 Å². The highest BCUT2D eigenvalue weighted by atomic mass is 16.2. The minimum atomic E-state index is -0.264. The second kappa shape index (κ2) is 7.76. The van der Waals surface area contributed by atoms with Crippen LogP contribution in [0.3, 0.4) is 0 Å². The fourth-order valence-corrected chi connectivity index (χ4v) is 4.32. The summed E-state index contributed by atoms with van der Waals surface area (Å²) in [4.78, 5) is 29.2. The molecular formula is C23H27N3O2. The van der Waals surface area contributed by atoms with Crippen molar-refractivity contribution in [1.29, 1.82) is 0 Å². The van der Waals surface area contributed by atoms with E-state index in [1.165, 1.54) is 11.1 Å². The molecule has 3 atom stereocenters. The van der Waals surface area contributed by atoms with Gasteiger partial charge in [-0.05, 0) is 18.1 Å². The number of nitrogens with zero attached hydrogens (tertiary/aromatic N) is 2. The van der Waals surface area contributed by atoms with Crippen molar-refractivity contribution in [1.82, 2.24) is 9.80 Å². The van der Waals surface area contributed by atoms with Crippen LogP contribution in [0.5, 0.6) is 0 Å². The molecule has 2 aliphatic heterocycles. The van der Waals surface area contributed by atoms with Gasteiger partial charge in [-0.3, -0.25) is 9.59 Å². The van der Waals surface area contributed by atoms with Gasteiger partial charge in [0.2, 0.25) is 11.8 Å². The Morgan fingerprint density at radius 2 is 1.75 bits per heavy atom. The zero-order chi connectivity index (χ0) is 19.7. The second-order valence-electron chi connectivity index (χ2n) is 8.09. The van der Waals surface area contributed by atoms with Gasteiger partial charge in [0, 0.05) is 44.6 Å². The minimum Gasteiger partial charge on any atom is -0.340 e. The van der Waals surface area contributed by atoms with Crippen molar-refractivity contribution in [2.24, 2.45) is 11.7 Å². The summed E-state index contributed by atoms with van der Waals surface area (Å²) in [6.45, 7) is 4.29. The predicted molar refractivity (Wildman–Crippen MR) is 108 cm³/mol. The maximum atomic E-state index is 13.0. The largest absolute Gasteiger partial charge is 0.340 e. The molecule has 2 amide bonds. The van der Waals surface area contributed by atoms with Crippen LogP contribution in [-0.4, -0.2) is 47.3 Å². The summed E-state index contributed by atoms with van der Waals surface area (Å²) in [5, 5.41) is 0. The van der Waals surface area contributed by atoms with Crippen molar-refractivity contribution in [3.63, 3.8) is 0 Å². The number of amides is 2. The molecule has 0 aliphatic carbocycles. The number of nitrogens with two attached hydrogens (primary N) is 1. The first-order valence-electron chi connectivity index (χ1n) is 9.94. The van der Waals surface area contributed by atoms with Crippen LogP contribution in [-0.2, 0) is 16.1 Å². The Bertz CT molecular complexity index is 850. The Kier molecular flexibility index (Phi) is 5.18. The van der Waals surface area contributed by atoms with Crippen molar-refractivity contribution in [3.05, 3.63) is 71.3 Å². The molecule has 0 radical (unpaired) electrons. The van der Waals surface area contributed by atoms with Gasteiger partial charge < -0.3 is 15.5 Å². The number of carbonyl (C=O) groups is 2. The highest BCUT2D eigenvalue weighted by Crippen LogP contribution is 2.29. The summed E-state index contributed by atoms with van der Waals surface area (Å²) in [5.41, 5.74) is 9.80. The van der Waals surface area contributed by atoms with Gasteiger partial charge in [-0.1, -0.05) is 60.2 Å². The summed E-state index contributed by atoms with van der Waals surface area (Å²) < 4.78 is 0.